The van der Waals surface area contributed by atoms with Crippen LogP contribution in [0.5, 0.6) is 0 Å². The van der Waals surface area contributed by atoms with E-state index < -0.39 is 4.75 Å². The smallest absolute Gasteiger partial charge is 0.108 e. The summed E-state index contributed by atoms with van der Waals surface area (Å²) in [5.41, 5.74) is 1.20. The van der Waals surface area contributed by atoms with Gasteiger partial charge in [0, 0.05) is 11.3 Å². The molecule has 2 rings (SSSR count). The number of benzene rings is 2. The summed E-state index contributed by atoms with van der Waals surface area (Å²) in [4.78, 5) is 1.14. The fraction of sp³-hybridized carbons (Fsp3) is 0.188. The van der Waals surface area contributed by atoms with Crippen molar-refractivity contribution in [2.45, 2.75) is 23.0 Å². The fourth-order valence-corrected chi connectivity index (χ4v) is 2.93. The van der Waals surface area contributed by atoms with Crippen molar-refractivity contribution in [2.75, 3.05) is 0 Å². The van der Waals surface area contributed by atoms with Crippen LogP contribution in [0.4, 0.5) is 0 Å². The van der Waals surface area contributed by atoms with Crippen molar-refractivity contribution < 1.29 is 0 Å². The fourth-order valence-electron chi connectivity index (χ4n) is 1.83. The lowest BCUT2D eigenvalue weighted by Gasteiger charge is -2.21. The van der Waals surface area contributed by atoms with E-state index >= 15 is 0 Å². The molecule has 0 aliphatic rings. The lowest BCUT2D eigenvalue weighted by atomic mass is 10.0. The molecule has 0 radical (unpaired) electrons. The van der Waals surface area contributed by atoms with Gasteiger partial charge in [0.1, 0.15) is 4.75 Å². The van der Waals surface area contributed by atoms with E-state index in [1.807, 2.05) is 55.5 Å². The van der Waals surface area contributed by atoms with Gasteiger partial charge >= 0.3 is 0 Å². The molecule has 0 saturated carbocycles. The number of rotatable bonds is 4. The summed E-state index contributed by atoms with van der Waals surface area (Å²) >= 11 is 1.62. The van der Waals surface area contributed by atoms with Crippen molar-refractivity contribution in [3.05, 3.63) is 66.2 Å². The summed E-state index contributed by atoms with van der Waals surface area (Å²) in [7, 11) is 0. The molecule has 0 spiro atoms. The summed E-state index contributed by atoms with van der Waals surface area (Å²) in [6, 6.07) is 22.7. The van der Waals surface area contributed by atoms with Crippen LogP contribution in [0.15, 0.2) is 65.6 Å². The van der Waals surface area contributed by atoms with Gasteiger partial charge in [-0.05, 0) is 24.6 Å². The third kappa shape index (κ3) is 3.38. The lowest BCUT2D eigenvalue weighted by molar-refractivity contribution is 0.796. The van der Waals surface area contributed by atoms with Gasteiger partial charge in [0.2, 0.25) is 0 Å². The molecule has 0 aliphatic carbocycles. The Bertz CT molecular complexity index is 487. The molecule has 1 nitrogen and oxygen atoms in total. The number of nitrogens with zero attached hydrogens (tertiary/aromatic N) is 1. The number of thioether (sulfide) groups is 1. The van der Waals surface area contributed by atoms with Crippen LogP contribution in [0.1, 0.15) is 12.5 Å². The highest BCUT2D eigenvalue weighted by Crippen LogP contribution is 2.34. The predicted octanol–water partition coefficient (Wildman–Crippen LogP) is 4.30. The van der Waals surface area contributed by atoms with Gasteiger partial charge < -0.3 is 0 Å². The van der Waals surface area contributed by atoms with Gasteiger partial charge in [-0.1, -0.05) is 48.5 Å². The van der Waals surface area contributed by atoms with Crippen LogP contribution in [0.25, 0.3) is 0 Å². The first kappa shape index (κ1) is 12.7. The highest BCUT2D eigenvalue weighted by Gasteiger charge is 2.25. The maximum Gasteiger partial charge on any atom is 0.108 e. The van der Waals surface area contributed by atoms with Gasteiger partial charge in [0.25, 0.3) is 0 Å². The topological polar surface area (TPSA) is 23.8 Å². The molecular weight excluding hydrogens is 238 g/mol. The molecule has 1 atom stereocenters. The minimum Gasteiger partial charge on any atom is -0.197 e. The Morgan fingerprint density at radius 3 is 2.11 bits per heavy atom. The average molecular weight is 253 g/mol. The summed E-state index contributed by atoms with van der Waals surface area (Å²) in [5, 5.41) is 9.44. The van der Waals surface area contributed by atoms with Crippen molar-refractivity contribution in [1.82, 2.24) is 0 Å². The zero-order valence-corrected chi connectivity index (χ0v) is 11.2. The molecule has 0 saturated heterocycles. The van der Waals surface area contributed by atoms with Crippen LogP contribution < -0.4 is 0 Å². The quantitative estimate of drug-likeness (QED) is 0.758. The predicted molar refractivity (Wildman–Crippen MR) is 76.5 cm³/mol. The van der Waals surface area contributed by atoms with Crippen molar-refractivity contribution in [3.8, 4) is 6.07 Å². The van der Waals surface area contributed by atoms with E-state index in [1.165, 1.54) is 5.56 Å². The molecule has 18 heavy (non-hydrogen) atoms. The second-order valence-corrected chi connectivity index (χ2v) is 6.00. The largest absolute Gasteiger partial charge is 0.197 e. The Balaban J connectivity index is 2.14. The molecule has 90 valence electrons. The second-order valence-electron chi connectivity index (χ2n) is 4.42. The van der Waals surface area contributed by atoms with Crippen LogP contribution >= 0.6 is 11.8 Å². The Hall–Kier alpha value is -1.72. The molecule has 0 N–H and O–H groups in total. The second kappa shape index (κ2) is 5.75. The molecule has 2 aromatic carbocycles. The van der Waals surface area contributed by atoms with Crippen molar-refractivity contribution in [3.63, 3.8) is 0 Å². The maximum absolute atomic E-state index is 9.44. The van der Waals surface area contributed by atoms with E-state index in [1.54, 1.807) is 11.8 Å². The normalized spacial score (nSPS) is 13.6. The molecule has 0 aromatic heterocycles. The minimum absolute atomic E-state index is 0.428. The van der Waals surface area contributed by atoms with Gasteiger partial charge in [-0.3, -0.25) is 0 Å². The van der Waals surface area contributed by atoms with Gasteiger partial charge in [-0.15, -0.1) is 11.8 Å². The number of nitriles is 1. The summed E-state index contributed by atoms with van der Waals surface area (Å²) in [5.74, 6) is 0. The van der Waals surface area contributed by atoms with E-state index in [9.17, 15) is 5.26 Å². The zero-order valence-electron chi connectivity index (χ0n) is 10.3. The number of hydrogen-bond acceptors (Lipinski definition) is 2. The van der Waals surface area contributed by atoms with Crippen molar-refractivity contribution >= 4 is 11.8 Å². The third-order valence-corrected chi connectivity index (χ3v) is 3.90. The first-order chi connectivity index (χ1) is 8.72. The van der Waals surface area contributed by atoms with Crippen LogP contribution in [-0.2, 0) is 6.42 Å². The third-order valence-electron chi connectivity index (χ3n) is 2.71. The highest BCUT2D eigenvalue weighted by molar-refractivity contribution is 8.01. The van der Waals surface area contributed by atoms with Gasteiger partial charge in [0.15, 0.2) is 0 Å². The molecule has 1 unspecified atom stereocenters. The summed E-state index contributed by atoms with van der Waals surface area (Å²) in [6.07, 6.45) is 0.754. The van der Waals surface area contributed by atoms with Crippen LogP contribution in [0.2, 0.25) is 0 Å². The van der Waals surface area contributed by atoms with E-state index in [-0.39, 0.29) is 0 Å². The van der Waals surface area contributed by atoms with Crippen LogP contribution in [-0.4, -0.2) is 4.75 Å². The van der Waals surface area contributed by atoms with Crippen molar-refractivity contribution in [2.24, 2.45) is 0 Å². The molecule has 0 fully saturated rings. The first-order valence-electron chi connectivity index (χ1n) is 5.91. The Morgan fingerprint density at radius 1 is 1.00 bits per heavy atom. The Labute approximate surface area is 112 Å². The molecule has 0 amide bonds. The maximum atomic E-state index is 9.44. The minimum atomic E-state index is -0.428. The van der Waals surface area contributed by atoms with Gasteiger partial charge in [0.05, 0.1) is 6.07 Å². The average Bonchev–Trinajstić information content (AvgIpc) is 2.41. The number of hydrogen-bond donors (Lipinski definition) is 0. The van der Waals surface area contributed by atoms with E-state index in [0.717, 1.165) is 11.3 Å². The summed E-state index contributed by atoms with van der Waals surface area (Å²) < 4.78 is -0.428. The summed E-state index contributed by atoms with van der Waals surface area (Å²) in [6.45, 7) is 2.00. The highest BCUT2D eigenvalue weighted by atomic mass is 32.2. The van der Waals surface area contributed by atoms with Gasteiger partial charge in [-0.2, -0.15) is 5.26 Å². The van der Waals surface area contributed by atoms with E-state index in [0.29, 0.717) is 0 Å². The van der Waals surface area contributed by atoms with Crippen molar-refractivity contribution in [1.29, 1.82) is 5.26 Å². The monoisotopic (exact) mass is 253 g/mol. The van der Waals surface area contributed by atoms with Crippen LogP contribution in [0.3, 0.4) is 0 Å². The van der Waals surface area contributed by atoms with Crippen LogP contribution in [0, 0.1) is 11.3 Å². The molecule has 2 aromatic rings. The Kier molecular flexibility index (Phi) is 4.07. The SMILES string of the molecule is CC(C#N)(Cc1ccccc1)Sc1ccccc1. The molecule has 0 bridgehead atoms. The molecule has 0 heterocycles. The van der Waals surface area contributed by atoms with E-state index in [4.69, 9.17) is 0 Å². The molecular formula is C16H15NS. The lowest BCUT2D eigenvalue weighted by Crippen LogP contribution is -2.20. The van der Waals surface area contributed by atoms with Gasteiger partial charge in [-0.25, -0.2) is 0 Å². The molecule has 0 aliphatic heterocycles. The first-order valence-corrected chi connectivity index (χ1v) is 6.73. The zero-order chi connectivity index (χ0) is 12.8. The molecule has 2 heteroatoms. The van der Waals surface area contributed by atoms with E-state index in [2.05, 4.69) is 18.2 Å². The standard InChI is InChI=1S/C16H15NS/c1-16(13-17,12-14-8-4-2-5-9-14)18-15-10-6-3-7-11-15/h2-11H,12H2,1H3. The Morgan fingerprint density at radius 2 is 1.56 bits per heavy atom.